The number of benzene rings is 2. The summed E-state index contributed by atoms with van der Waals surface area (Å²) in [5.41, 5.74) is 3.28. The Balaban J connectivity index is 1.33. The van der Waals surface area contributed by atoms with Crippen molar-refractivity contribution in [2.75, 3.05) is 11.6 Å². The van der Waals surface area contributed by atoms with Crippen LogP contribution in [0.4, 0.5) is 5.95 Å². The predicted octanol–water partition coefficient (Wildman–Crippen LogP) is 3.94. The van der Waals surface area contributed by atoms with Gasteiger partial charge in [-0.2, -0.15) is 0 Å². The van der Waals surface area contributed by atoms with E-state index in [1.165, 1.54) is 12.1 Å². The van der Waals surface area contributed by atoms with E-state index in [9.17, 15) is 18.0 Å². The molecule has 38 heavy (non-hydrogen) atoms. The second kappa shape index (κ2) is 10.2. The van der Waals surface area contributed by atoms with Crippen LogP contribution in [0.3, 0.4) is 0 Å². The van der Waals surface area contributed by atoms with E-state index in [-0.39, 0.29) is 28.7 Å². The number of fused-ring (bicyclic) bond motifs is 1. The van der Waals surface area contributed by atoms with Crippen LogP contribution in [0.15, 0.2) is 82.8 Å². The number of amides is 1. The van der Waals surface area contributed by atoms with Crippen molar-refractivity contribution in [2.24, 2.45) is 4.99 Å². The first-order valence-electron chi connectivity index (χ1n) is 11.6. The number of anilines is 1. The molecule has 3 heterocycles. The number of aromatic amines is 1. The Labute approximate surface area is 218 Å². The van der Waals surface area contributed by atoms with E-state index in [0.717, 1.165) is 12.0 Å². The van der Waals surface area contributed by atoms with Gasteiger partial charge in [0.2, 0.25) is 5.95 Å². The number of hydrogen-bond acceptors (Lipinski definition) is 7. The SMILES string of the molecule is CS(=O)(=O)c1cccc(C#Cc2cccc(C(=O)Nc3nc4c(C(=O)CC5=NC=CC5)cccc4[nH]3)n2)c1. The molecule has 1 aliphatic heterocycles. The number of nitrogens with one attached hydrogen (secondary N) is 2. The lowest BCUT2D eigenvalue weighted by molar-refractivity contribution is 0.0998. The fourth-order valence-electron chi connectivity index (χ4n) is 3.86. The van der Waals surface area contributed by atoms with Crippen LogP contribution in [0.5, 0.6) is 0 Å². The summed E-state index contributed by atoms with van der Waals surface area (Å²) in [6.07, 6.45) is 5.59. The molecular formula is C28H21N5O4S. The Morgan fingerprint density at radius 2 is 1.84 bits per heavy atom. The average Bonchev–Trinajstić information content (AvgIpc) is 3.56. The molecule has 0 bridgehead atoms. The third-order valence-corrected chi connectivity index (χ3v) is 6.81. The van der Waals surface area contributed by atoms with Gasteiger partial charge in [-0.05, 0) is 48.4 Å². The van der Waals surface area contributed by atoms with Crippen LogP contribution in [0.2, 0.25) is 0 Å². The number of carbonyl (C=O) groups excluding carboxylic acids is 2. The summed E-state index contributed by atoms with van der Waals surface area (Å²) in [5, 5.41) is 2.68. The van der Waals surface area contributed by atoms with Crippen LogP contribution in [0.25, 0.3) is 11.0 Å². The second-order valence-electron chi connectivity index (χ2n) is 8.58. The number of aliphatic imine (C=N–C) groups is 1. The van der Waals surface area contributed by atoms with Crippen LogP contribution in [0, 0.1) is 11.8 Å². The van der Waals surface area contributed by atoms with Crippen LogP contribution in [-0.4, -0.2) is 47.0 Å². The molecule has 188 valence electrons. The van der Waals surface area contributed by atoms with Crippen molar-refractivity contribution in [3.8, 4) is 11.8 Å². The van der Waals surface area contributed by atoms with Crippen LogP contribution >= 0.6 is 0 Å². The lowest BCUT2D eigenvalue weighted by Gasteiger charge is -2.02. The van der Waals surface area contributed by atoms with Crippen molar-refractivity contribution < 1.29 is 18.0 Å². The number of H-pyrrole nitrogens is 1. The average molecular weight is 524 g/mol. The second-order valence-corrected chi connectivity index (χ2v) is 10.6. The minimum Gasteiger partial charge on any atom is -0.324 e. The van der Waals surface area contributed by atoms with Crippen molar-refractivity contribution in [3.63, 3.8) is 0 Å². The summed E-state index contributed by atoms with van der Waals surface area (Å²) >= 11 is 0. The highest BCUT2D eigenvalue weighted by Crippen LogP contribution is 2.21. The van der Waals surface area contributed by atoms with Gasteiger partial charge in [-0.1, -0.05) is 30.2 Å². The van der Waals surface area contributed by atoms with Crippen molar-refractivity contribution in [2.45, 2.75) is 17.7 Å². The van der Waals surface area contributed by atoms with Crippen molar-refractivity contribution in [3.05, 3.63) is 95.5 Å². The number of allylic oxidation sites excluding steroid dienone is 1. The zero-order valence-electron chi connectivity index (χ0n) is 20.2. The molecule has 1 aliphatic rings. The van der Waals surface area contributed by atoms with E-state index in [1.54, 1.807) is 54.7 Å². The molecule has 0 atom stereocenters. The lowest BCUT2D eigenvalue weighted by Crippen LogP contribution is -2.15. The molecule has 0 fully saturated rings. The number of aromatic nitrogens is 3. The van der Waals surface area contributed by atoms with E-state index in [4.69, 9.17) is 0 Å². The molecule has 2 N–H and O–H groups in total. The number of sulfone groups is 1. The number of hydrogen-bond donors (Lipinski definition) is 2. The van der Waals surface area contributed by atoms with E-state index < -0.39 is 15.7 Å². The Hall–Kier alpha value is -4.88. The quantitative estimate of drug-likeness (QED) is 0.290. The fraction of sp³-hybridized carbons (Fsp3) is 0.107. The number of nitrogens with zero attached hydrogens (tertiary/aromatic N) is 3. The molecule has 1 amide bonds. The lowest BCUT2D eigenvalue weighted by atomic mass is 10.0. The highest BCUT2D eigenvalue weighted by Gasteiger charge is 2.18. The normalized spacial score (nSPS) is 12.6. The van der Waals surface area contributed by atoms with Gasteiger partial charge in [0.05, 0.1) is 10.4 Å². The number of ketones is 1. The standard InChI is InChI=1S/C28H21N5O4S/c1-38(36,37)21-9-2-6-18(16-21)13-14-19-7-3-12-24(30-19)27(35)33-28-31-23-11-4-10-22(26(23)32-28)25(34)17-20-8-5-15-29-20/h2-7,9-12,15-16H,8,17H2,1H3,(H2,31,32,33,35). The first-order chi connectivity index (χ1) is 18.3. The number of imidazole rings is 1. The maximum absolute atomic E-state index is 12.9. The number of Topliss-reactive ketones (excluding diaryl/α,β-unsaturated/α-hetero) is 1. The van der Waals surface area contributed by atoms with Gasteiger partial charge in [0.15, 0.2) is 15.6 Å². The maximum Gasteiger partial charge on any atom is 0.276 e. The monoisotopic (exact) mass is 523 g/mol. The Bertz CT molecular complexity index is 1820. The molecule has 0 aliphatic carbocycles. The highest BCUT2D eigenvalue weighted by atomic mass is 32.2. The van der Waals surface area contributed by atoms with Crippen molar-refractivity contribution in [1.29, 1.82) is 0 Å². The van der Waals surface area contributed by atoms with Crippen LogP contribution in [-0.2, 0) is 9.84 Å². The number of rotatable bonds is 6. The molecule has 2 aromatic heterocycles. The Morgan fingerprint density at radius 1 is 1.03 bits per heavy atom. The summed E-state index contributed by atoms with van der Waals surface area (Å²) in [7, 11) is -3.35. The van der Waals surface area contributed by atoms with Gasteiger partial charge in [-0.25, -0.2) is 18.4 Å². The Morgan fingerprint density at radius 3 is 2.63 bits per heavy atom. The molecule has 4 aromatic rings. The fourth-order valence-corrected chi connectivity index (χ4v) is 4.52. The summed E-state index contributed by atoms with van der Waals surface area (Å²) < 4.78 is 23.5. The van der Waals surface area contributed by atoms with E-state index in [0.29, 0.717) is 34.3 Å². The van der Waals surface area contributed by atoms with Gasteiger partial charge in [-0.15, -0.1) is 0 Å². The summed E-state index contributed by atoms with van der Waals surface area (Å²) in [5.74, 6) is 5.31. The van der Waals surface area contributed by atoms with Gasteiger partial charge in [0.25, 0.3) is 5.91 Å². The van der Waals surface area contributed by atoms with E-state index >= 15 is 0 Å². The zero-order valence-corrected chi connectivity index (χ0v) is 21.0. The molecule has 2 aromatic carbocycles. The maximum atomic E-state index is 12.9. The molecule has 0 radical (unpaired) electrons. The van der Waals surface area contributed by atoms with Gasteiger partial charge < -0.3 is 4.98 Å². The van der Waals surface area contributed by atoms with E-state index in [2.05, 4.69) is 37.1 Å². The van der Waals surface area contributed by atoms with Crippen molar-refractivity contribution >= 4 is 44.2 Å². The first-order valence-corrected chi connectivity index (χ1v) is 13.5. The minimum atomic E-state index is -3.35. The number of pyridine rings is 1. The summed E-state index contributed by atoms with van der Waals surface area (Å²) in [6, 6.07) is 16.4. The molecule has 5 rings (SSSR count). The van der Waals surface area contributed by atoms with Gasteiger partial charge in [0, 0.05) is 42.1 Å². The third kappa shape index (κ3) is 5.58. The minimum absolute atomic E-state index is 0.0996. The van der Waals surface area contributed by atoms with Gasteiger partial charge in [-0.3, -0.25) is 19.9 Å². The Kier molecular flexibility index (Phi) is 6.68. The summed E-state index contributed by atoms with van der Waals surface area (Å²) in [6.45, 7) is 0. The highest BCUT2D eigenvalue weighted by molar-refractivity contribution is 7.90. The van der Waals surface area contributed by atoms with E-state index in [1.807, 2.05) is 6.08 Å². The zero-order chi connectivity index (χ0) is 26.7. The first kappa shape index (κ1) is 24.8. The molecule has 10 heteroatoms. The molecule has 0 saturated heterocycles. The molecule has 0 spiro atoms. The number of para-hydroxylation sites is 1. The smallest absolute Gasteiger partial charge is 0.276 e. The third-order valence-electron chi connectivity index (χ3n) is 5.70. The van der Waals surface area contributed by atoms with Gasteiger partial charge >= 0.3 is 0 Å². The summed E-state index contributed by atoms with van der Waals surface area (Å²) in [4.78, 5) is 41.8. The van der Waals surface area contributed by atoms with Crippen LogP contribution in [0.1, 0.15) is 44.9 Å². The van der Waals surface area contributed by atoms with Crippen molar-refractivity contribution in [1.82, 2.24) is 15.0 Å². The molecular weight excluding hydrogens is 502 g/mol. The van der Waals surface area contributed by atoms with Gasteiger partial charge in [0.1, 0.15) is 16.9 Å². The molecule has 0 saturated carbocycles. The predicted molar refractivity (Wildman–Crippen MR) is 144 cm³/mol. The molecule has 9 nitrogen and oxygen atoms in total. The largest absolute Gasteiger partial charge is 0.324 e. The topological polar surface area (TPSA) is 134 Å². The van der Waals surface area contributed by atoms with Crippen LogP contribution < -0.4 is 5.32 Å². The number of carbonyl (C=O) groups is 2. The molecule has 0 unspecified atom stereocenters.